The van der Waals surface area contributed by atoms with Crippen LogP contribution < -0.4 is 20.3 Å². The highest BCUT2D eigenvalue weighted by atomic mass is 32.2. The molecule has 0 bridgehead atoms. The summed E-state index contributed by atoms with van der Waals surface area (Å²) in [5.41, 5.74) is 3.62. The summed E-state index contributed by atoms with van der Waals surface area (Å²) in [4.78, 5) is 29.8. The Kier molecular flexibility index (Phi) is 9.78. The molecule has 0 atom stereocenters. The number of hydrogen-bond acceptors (Lipinski definition) is 6. The molecule has 1 aromatic heterocycles. The van der Waals surface area contributed by atoms with Crippen molar-refractivity contribution < 1.29 is 14.3 Å². The number of thioether (sulfide) groups is 1. The Balaban J connectivity index is 1.44. The topological polar surface area (TPSA) is 82.5 Å². The number of ether oxygens (including phenoxy) is 2. The van der Waals surface area contributed by atoms with Crippen molar-refractivity contribution in [1.29, 1.82) is 0 Å². The Hall–Kier alpha value is -3.26. The smallest absolute Gasteiger partial charge is 0.257 e. The van der Waals surface area contributed by atoms with Crippen molar-refractivity contribution in [3.63, 3.8) is 0 Å². The zero-order valence-corrected chi connectivity index (χ0v) is 21.6. The standard InChI is InChI=1S/C27H33N3O4S/c1-19-22(17-20-9-6-5-7-10-20)26(32)30(2)27(29-19)35-16-8-11-25(31)28-15-14-21-12-13-23(33-3)24(18-21)34-4/h5-7,9-10,12-13,18H,8,11,14-17H2,1-4H3,(H,28,31). The van der Waals surface area contributed by atoms with Gasteiger partial charge in [-0.3, -0.25) is 14.2 Å². The van der Waals surface area contributed by atoms with Gasteiger partial charge in [-0.15, -0.1) is 0 Å². The Bertz CT molecular complexity index is 1200. The van der Waals surface area contributed by atoms with Crippen molar-refractivity contribution in [1.82, 2.24) is 14.9 Å². The lowest BCUT2D eigenvalue weighted by molar-refractivity contribution is -0.121. The SMILES string of the molecule is COc1ccc(CCNC(=O)CCCSc2nc(C)c(Cc3ccccc3)c(=O)n2C)cc1OC. The van der Waals surface area contributed by atoms with Gasteiger partial charge in [0.25, 0.3) is 5.56 Å². The van der Waals surface area contributed by atoms with Gasteiger partial charge >= 0.3 is 0 Å². The van der Waals surface area contributed by atoms with E-state index in [4.69, 9.17) is 9.47 Å². The lowest BCUT2D eigenvalue weighted by Gasteiger charge is -2.12. The van der Waals surface area contributed by atoms with Gasteiger partial charge < -0.3 is 14.8 Å². The first-order valence-corrected chi connectivity index (χ1v) is 12.6. The summed E-state index contributed by atoms with van der Waals surface area (Å²) in [5, 5.41) is 3.64. The summed E-state index contributed by atoms with van der Waals surface area (Å²) in [6.07, 6.45) is 2.41. The van der Waals surface area contributed by atoms with Gasteiger partial charge in [0.2, 0.25) is 5.91 Å². The van der Waals surface area contributed by atoms with E-state index in [1.807, 2.05) is 55.5 Å². The molecule has 0 aliphatic heterocycles. The van der Waals surface area contributed by atoms with E-state index in [9.17, 15) is 9.59 Å². The van der Waals surface area contributed by atoms with E-state index < -0.39 is 0 Å². The normalized spacial score (nSPS) is 10.7. The second kappa shape index (κ2) is 13.0. The minimum absolute atomic E-state index is 0.0160. The second-order valence-corrected chi connectivity index (χ2v) is 9.29. The number of rotatable bonds is 12. The van der Waals surface area contributed by atoms with Crippen LogP contribution in [0.3, 0.4) is 0 Å². The molecule has 186 valence electrons. The van der Waals surface area contributed by atoms with Crippen molar-refractivity contribution >= 4 is 17.7 Å². The maximum atomic E-state index is 12.9. The molecule has 35 heavy (non-hydrogen) atoms. The molecule has 0 unspecified atom stereocenters. The van der Waals surface area contributed by atoms with Crippen molar-refractivity contribution in [3.8, 4) is 11.5 Å². The third-order valence-corrected chi connectivity index (χ3v) is 6.85. The third kappa shape index (κ3) is 7.36. The Morgan fingerprint density at radius 3 is 2.51 bits per heavy atom. The van der Waals surface area contributed by atoms with Crippen molar-refractivity contribution in [3.05, 3.63) is 81.3 Å². The molecule has 1 heterocycles. The van der Waals surface area contributed by atoms with Crippen molar-refractivity contribution in [2.75, 3.05) is 26.5 Å². The van der Waals surface area contributed by atoms with Crippen LogP contribution in [0.5, 0.6) is 11.5 Å². The van der Waals surface area contributed by atoms with Gasteiger partial charge in [0.05, 0.1) is 14.2 Å². The summed E-state index contributed by atoms with van der Waals surface area (Å²) < 4.78 is 12.2. The first-order chi connectivity index (χ1) is 16.9. The molecule has 1 N–H and O–H groups in total. The van der Waals surface area contributed by atoms with Gasteiger partial charge in [-0.05, 0) is 43.0 Å². The molecule has 0 saturated heterocycles. The van der Waals surface area contributed by atoms with Crippen LogP contribution in [-0.4, -0.2) is 42.0 Å². The Morgan fingerprint density at radius 1 is 1.06 bits per heavy atom. The first kappa shape index (κ1) is 26.3. The maximum Gasteiger partial charge on any atom is 0.257 e. The molecule has 0 fully saturated rings. The maximum absolute atomic E-state index is 12.9. The highest BCUT2D eigenvalue weighted by Gasteiger charge is 2.13. The molecule has 3 rings (SSSR count). The monoisotopic (exact) mass is 495 g/mol. The number of amides is 1. The fourth-order valence-corrected chi connectivity index (χ4v) is 4.68. The van der Waals surface area contributed by atoms with Gasteiger partial charge in [0.15, 0.2) is 16.7 Å². The van der Waals surface area contributed by atoms with Crippen LogP contribution in [0.15, 0.2) is 58.5 Å². The van der Waals surface area contributed by atoms with E-state index in [1.165, 1.54) is 11.8 Å². The number of methoxy groups -OCH3 is 2. The van der Waals surface area contributed by atoms with E-state index in [1.54, 1.807) is 25.8 Å². The number of hydrogen-bond donors (Lipinski definition) is 1. The van der Waals surface area contributed by atoms with Crippen molar-refractivity contribution in [2.24, 2.45) is 7.05 Å². The van der Waals surface area contributed by atoms with E-state index in [2.05, 4.69) is 10.3 Å². The minimum Gasteiger partial charge on any atom is -0.493 e. The first-order valence-electron chi connectivity index (χ1n) is 11.6. The van der Waals surface area contributed by atoms with E-state index in [0.29, 0.717) is 54.6 Å². The van der Waals surface area contributed by atoms with Crippen LogP contribution in [0.1, 0.15) is 35.2 Å². The molecule has 0 aliphatic carbocycles. The second-order valence-electron chi connectivity index (χ2n) is 8.23. The van der Waals surface area contributed by atoms with E-state index in [-0.39, 0.29) is 11.5 Å². The van der Waals surface area contributed by atoms with Gasteiger partial charge in [-0.1, -0.05) is 48.2 Å². The highest BCUT2D eigenvalue weighted by Crippen LogP contribution is 2.27. The van der Waals surface area contributed by atoms with Crippen LogP contribution in [-0.2, 0) is 24.7 Å². The fourth-order valence-electron chi connectivity index (χ4n) is 3.73. The predicted molar refractivity (Wildman–Crippen MR) is 140 cm³/mol. The Labute approximate surface area is 210 Å². The van der Waals surface area contributed by atoms with Gasteiger partial charge in [-0.2, -0.15) is 0 Å². The molecule has 0 radical (unpaired) electrons. The van der Waals surface area contributed by atoms with E-state index in [0.717, 1.165) is 22.4 Å². The van der Waals surface area contributed by atoms with Crippen LogP contribution in [0.25, 0.3) is 0 Å². The number of nitrogens with one attached hydrogen (secondary N) is 1. The molecule has 2 aromatic carbocycles. The summed E-state index contributed by atoms with van der Waals surface area (Å²) in [6, 6.07) is 15.7. The molecule has 1 amide bonds. The van der Waals surface area contributed by atoms with Crippen molar-refractivity contribution in [2.45, 2.75) is 37.8 Å². The molecule has 0 aliphatic rings. The zero-order valence-electron chi connectivity index (χ0n) is 20.8. The summed E-state index contributed by atoms with van der Waals surface area (Å²) in [7, 11) is 4.97. The molecule has 7 nitrogen and oxygen atoms in total. The molecular formula is C27H33N3O4S. The Morgan fingerprint density at radius 2 is 1.80 bits per heavy atom. The van der Waals surface area contributed by atoms with Gasteiger partial charge in [0.1, 0.15) is 0 Å². The summed E-state index contributed by atoms with van der Waals surface area (Å²) in [5.74, 6) is 2.09. The quantitative estimate of drug-likeness (QED) is 0.233. The number of carbonyl (C=O) groups is 1. The molecule has 0 spiro atoms. The third-order valence-electron chi connectivity index (χ3n) is 5.74. The predicted octanol–water partition coefficient (Wildman–Crippen LogP) is 3.93. The highest BCUT2D eigenvalue weighted by molar-refractivity contribution is 7.99. The lowest BCUT2D eigenvalue weighted by Crippen LogP contribution is -2.26. The van der Waals surface area contributed by atoms with Crippen LogP contribution >= 0.6 is 11.8 Å². The fraction of sp³-hybridized carbons (Fsp3) is 0.370. The zero-order chi connectivity index (χ0) is 25.2. The number of carbonyl (C=O) groups excluding carboxylic acids is 1. The van der Waals surface area contributed by atoms with Gasteiger partial charge in [0, 0.05) is 43.4 Å². The number of nitrogens with zero attached hydrogens (tertiary/aromatic N) is 2. The largest absolute Gasteiger partial charge is 0.493 e. The summed E-state index contributed by atoms with van der Waals surface area (Å²) >= 11 is 1.51. The molecular weight excluding hydrogens is 462 g/mol. The summed E-state index contributed by atoms with van der Waals surface area (Å²) in [6.45, 7) is 2.44. The van der Waals surface area contributed by atoms with Crippen LogP contribution in [0, 0.1) is 6.92 Å². The van der Waals surface area contributed by atoms with Crippen LogP contribution in [0.2, 0.25) is 0 Å². The average Bonchev–Trinajstić information content (AvgIpc) is 2.87. The minimum atomic E-state index is -0.0169. The number of benzene rings is 2. The average molecular weight is 496 g/mol. The molecule has 0 saturated carbocycles. The van der Waals surface area contributed by atoms with Gasteiger partial charge in [-0.25, -0.2) is 4.98 Å². The number of aromatic nitrogens is 2. The molecule has 3 aromatic rings. The number of aryl methyl sites for hydroxylation is 1. The van der Waals surface area contributed by atoms with Crippen LogP contribution in [0.4, 0.5) is 0 Å². The lowest BCUT2D eigenvalue weighted by atomic mass is 10.1. The molecule has 8 heteroatoms. The van der Waals surface area contributed by atoms with E-state index >= 15 is 0 Å².